The lowest BCUT2D eigenvalue weighted by molar-refractivity contribution is -0.132. The van der Waals surface area contributed by atoms with Crippen molar-refractivity contribution in [1.82, 2.24) is 10.2 Å². The molecule has 0 radical (unpaired) electrons. The fourth-order valence-corrected chi connectivity index (χ4v) is 1.58. The molecule has 0 spiro atoms. The van der Waals surface area contributed by atoms with Gasteiger partial charge in [0.15, 0.2) is 18.2 Å². The molecule has 0 aliphatic carbocycles. The maximum atomic E-state index is 13.4. The van der Waals surface area contributed by atoms with Crippen molar-refractivity contribution in [3.05, 3.63) is 28.5 Å². The molecule has 0 aliphatic rings. The molecule has 0 fully saturated rings. The standard InChI is InChI=1S/C12H16BrFN2O2.ClH/c1-15-5-6-16(2)12(17)8-18-11-4-3-9(13)7-10(11)14;/h3-4,7,15H,5-6,8H2,1-2H3;1H. The van der Waals surface area contributed by atoms with E-state index in [1.165, 1.54) is 17.0 Å². The van der Waals surface area contributed by atoms with Crippen LogP contribution in [0.25, 0.3) is 0 Å². The van der Waals surface area contributed by atoms with E-state index >= 15 is 0 Å². The minimum atomic E-state index is -0.491. The summed E-state index contributed by atoms with van der Waals surface area (Å²) in [6.45, 7) is 1.12. The molecule has 19 heavy (non-hydrogen) atoms. The Morgan fingerprint density at radius 1 is 1.53 bits per heavy atom. The molecule has 7 heteroatoms. The van der Waals surface area contributed by atoms with Gasteiger partial charge in [0.25, 0.3) is 5.91 Å². The van der Waals surface area contributed by atoms with Gasteiger partial charge in [-0.3, -0.25) is 4.79 Å². The van der Waals surface area contributed by atoms with Gasteiger partial charge >= 0.3 is 0 Å². The van der Waals surface area contributed by atoms with Crippen LogP contribution in [-0.2, 0) is 4.79 Å². The minimum Gasteiger partial charge on any atom is -0.481 e. The molecule has 0 aliphatic heterocycles. The third kappa shape index (κ3) is 6.22. The van der Waals surface area contributed by atoms with Crippen molar-refractivity contribution in [3.63, 3.8) is 0 Å². The van der Waals surface area contributed by atoms with Crippen molar-refractivity contribution in [2.75, 3.05) is 33.8 Å². The van der Waals surface area contributed by atoms with Crippen molar-refractivity contribution in [2.24, 2.45) is 0 Å². The monoisotopic (exact) mass is 354 g/mol. The van der Waals surface area contributed by atoms with Gasteiger partial charge in [-0.2, -0.15) is 0 Å². The summed E-state index contributed by atoms with van der Waals surface area (Å²) in [5, 5.41) is 2.94. The molecule has 0 unspecified atom stereocenters. The number of nitrogens with zero attached hydrogens (tertiary/aromatic N) is 1. The number of amides is 1. The number of likely N-dealkylation sites (N-methyl/N-ethyl adjacent to an activating group) is 2. The SMILES string of the molecule is CNCCN(C)C(=O)COc1ccc(Br)cc1F.Cl. The number of rotatable bonds is 6. The lowest BCUT2D eigenvalue weighted by Gasteiger charge is -2.17. The van der Waals surface area contributed by atoms with Crippen molar-refractivity contribution in [1.29, 1.82) is 0 Å². The number of carbonyl (C=O) groups is 1. The first-order chi connectivity index (χ1) is 8.54. The first-order valence-corrected chi connectivity index (χ1v) is 6.30. The predicted octanol–water partition coefficient (Wildman–Crippen LogP) is 2.07. The van der Waals surface area contributed by atoms with Crippen LogP contribution in [0.5, 0.6) is 5.75 Å². The maximum absolute atomic E-state index is 13.4. The fraction of sp³-hybridized carbons (Fsp3) is 0.417. The van der Waals surface area contributed by atoms with Gasteiger partial charge in [-0.05, 0) is 25.2 Å². The second-order valence-electron chi connectivity index (χ2n) is 3.78. The van der Waals surface area contributed by atoms with E-state index in [4.69, 9.17) is 4.74 Å². The Bertz CT molecular complexity index is 421. The highest BCUT2D eigenvalue weighted by molar-refractivity contribution is 9.10. The summed E-state index contributed by atoms with van der Waals surface area (Å²) in [5.41, 5.74) is 0. The van der Waals surface area contributed by atoms with E-state index in [1.807, 2.05) is 7.05 Å². The van der Waals surface area contributed by atoms with E-state index in [0.29, 0.717) is 17.6 Å². The third-order valence-electron chi connectivity index (χ3n) is 2.37. The van der Waals surface area contributed by atoms with E-state index in [-0.39, 0.29) is 30.7 Å². The van der Waals surface area contributed by atoms with Gasteiger partial charge in [0.05, 0.1) is 0 Å². The molecule has 1 amide bonds. The summed E-state index contributed by atoms with van der Waals surface area (Å²) in [4.78, 5) is 13.2. The molecular weight excluding hydrogens is 338 g/mol. The first-order valence-electron chi connectivity index (χ1n) is 5.51. The highest BCUT2D eigenvalue weighted by Gasteiger charge is 2.11. The Balaban J connectivity index is 0.00000324. The quantitative estimate of drug-likeness (QED) is 0.849. The average molecular weight is 356 g/mol. The summed E-state index contributed by atoms with van der Waals surface area (Å²) in [5.74, 6) is -0.601. The molecular formula is C12H17BrClFN2O2. The molecule has 1 N–H and O–H groups in total. The van der Waals surface area contributed by atoms with Crippen LogP contribution < -0.4 is 10.1 Å². The van der Waals surface area contributed by atoms with Gasteiger partial charge in [-0.1, -0.05) is 15.9 Å². The normalized spacial score (nSPS) is 9.68. The number of nitrogens with one attached hydrogen (secondary N) is 1. The summed E-state index contributed by atoms with van der Waals surface area (Å²) in [7, 11) is 3.49. The Hall–Kier alpha value is -0.850. The van der Waals surface area contributed by atoms with Gasteiger partial charge in [0.1, 0.15) is 0 Å². The van der Waals surface area contributed by atoms with Crippen LogP contribution in [-0.4, -0.2) is 44.6 Å². The molecule has 0 saturated carbocycles. The van der Waals surface area contributed by atoms with Crippen molar-refractivity contribution in [2.45, 2.75) is 0 Å². The molecule has 108 valence electrons. The number of ether oxygens (including phenoxy) is 1. The van der Waals surface area contributed by atoms with Crippen LogP contribution in [0.4, 0.5) is 4.39 Å². The third-order valence-corrected chi connectivity index (χ3v) is 2.86. The van der Waals surface area contributed by atoms with Gasteiger partial charge in [-0.25, -0.2) is 4.39 Å². The van der Waals surface area contributed by atoms with Gasteiger partial charge in [0.2, 0.25) is 0 Å². The molecule has 4 nitrogen and oxygen atoms in total. The average Bonchev–Trinajstić information content (AvgIpc) is 2.34. The number of hydrogen-bond donors (Lipinski definition) is 1. The van der Waals surface area contributed by atoms with Crippen molar-refractivity contribution >= 4 is 34.2 Å². The van der Waals surface area contributed by atoms with Crippen LogP contribution in [0.1, 0.15) is 0 Å². The zero-order valence-electron chi connectivity index (χ0n) is 10.8. The summed E-state index contributed by atoms with van der Waals surface area (Å²) >= 11 is 3.15. The minimum absolute atomic E-state index is 0. The van der Waals surface area contributed by atoms with Crippen molar-refractivity contribution < 1.29 is 13.9 Å². The summed E-state index contributed by atoms with van der Waals surface area (Å²) < 4.78 is 19.2. The fourth-order valence-electron chi connectivity index (χ4n) is 1.25. The van der Waals surface area contributed by atoms with E-state index in [1.54, 1.807) is 13.1 Å². The van der Waals surface area contributed by atoms with Crippen LogP contribution in [0.3, 0.4) is 0 Å². The van der Waals surface area contributed by atoms with Crippen LogP contribution in [0.15, 0.2) is 22.7 Å². The van der Waals surface area contributed by atoms with Crippen molar-refractivity contribution in [3.8, 4) is 5.75 Å². The lowest BCUT2D eigenvalue weighted by Crippen LogP contribution is -2.35. The van der Waals surface area contributed by atoms with Gasteiger partial charge in [0, 0.05) is 24.6 Å². The Morgan fingerprint density at radius 2 is 2.21 bits per heavy atom. The second kappa shape index (κ2) is 9.12. The Morgan fingerprint density at radius 3 is 2.79 bits per heavy atom. The Kier molecular flexibility index (Phi) is 8.71. The van der Waals surface area contributed by atoms with Crippen LogP contribution >= 0.6 is 28.3 Å². The molecule has 0 atom stereocenters. The van der Waals surface area contributed by atoms with Crippen LogP contribution in [0, 0.1) is 5.82 Å². The smallest absolute Gasteiger partial charge is 0.260 e. The topological polar surface area (TPSA) is 41.6 Å². The molecule has 1 rings (SSSR count). The molecule has 0 saturated heterocycles. The first kappa shape index (κ1) is 18.1. The summed E-state index contributed by atoms with van der Waals surface area (Å²) in [6, 6.07) is 4.44. The number of benzene rings is 1. The molecule has 0 heterocycles. The largest absolute Gasteiger partial charge is 0.481 e. The molecule has 0 bridgehead atoms. The summed E-state index contributed by atoms with van der Waals surface area (Å²) in [6.07, 6.45) is 0. The van der Waals surface area contributed by atoms with Crippen LogP contribution in [0.2, 0.25) is 0 Å². The molecule has 1 aromatic rings. The van der Waals surface area contributed by atoms with E-state index in [2.05, 4.69) is 21.2 Å². The zero-order valence-corrected chi connectivity index (χ0v) is 13.2. The maximum Gasteiger partial charge on any atom is 0.260 e. The zero-order chi connectivity index (χ0) is 13.5. The van der Waals surface area contributed by atoms with Gasteiger partial charge < -0.3 is 15.0 Å². The number of carbonyl (C=O) groups excluding carboxylic acids is 1. The number of halogens is 3. The highest BCUT2D eigenvalue weighted by Crippen LogP contribution is 2.21. The lowest BCUT2D eigenvalue weighted by atomic mass is 10.3. The highest BCUT2D eigenvalue weighted by atomic mass is 79.9. The second-order valence-corrected chi connectivity index (χ2v) is 4.70. The molecule has 0 aromatic heterocycles. The van der Waals surface area contributed by atoms with Gasteiger partial charge in [-0.15, -0.1) is 12.4 Å². The predicted molar refractivity (Wildman–Crippen MR) is 78.4 cm³/mol. The number of hydrogen-bond acceptors (Lipinski definition) is 3. The van der Waals surface area contributed by atoms with E-state index in [0.717, 1.165) is 0 Å². The van der Waals surface area contributed by atoms with E-state index < -0.39 is 5.82 Å². The molecule has 1 aromatic carbocycles. The Labute approximate surface area is 126 Å². The van der Waals surface area contributed by atoms with E-state index in [9.17, 15) is 9.18 Å².